The van der Waals surface area contributed by atoms with Crippen LogP contribution in [0.4, 0.5) is 10.1 Å². The summed E-state index contributed by atoms with van der Waals surface area (Å²) < 4.78 is 13.5. The highest BCUT2D eigenvalue weighted by Crippen LogP contribution is 2.47. The van der Waals surface area contributed by atoms with E-state index in [4.69, 9.17) is 0 Å². The molecule has 0 aliphatic heterocycles. The predicted molar refractivity (Wildman–Crippen MR) is 67.3 cm³/mol. The molecule has 1 fully saturated rings. The minimum atomic E-state index is -0.746. The smallest absolute Gasteiger partial charge is 0.270 e. The maximum absolute atomic E-state index is 13.5. The summed E-state index contributed by atoms with van der Waals surface area (Å²) in [4.78, 5) is 21.8. The van der Waals surface area contributed by atoms with E-state index in [2.05, 4.69) is 5.32 Å². The number of hydrogen-bond acceptors (Lipinski definition) is 3. The number of nitro groups is 1. The van der Waals surface area contributed by atoms with E-state index >= 15 is 0 Å². The van der Waals surface area contributed by atoms with Gasteiger partial charge in [-0.05, 0) is 30.7 Å². The molecule has 2 rings (SSSR count). The Hall–Kier alpha value is -1.98. The molecule has 0 aromatic heterocycles. The Morgan fingerprint density at radius 1 is 1.53 bits per heavy atom. The summed E-state index contributed by atoms with van der Waals surface area (Å²) >= 11 is 0. The molecule has 0 heterocycles. The fourth-order valence-corrected chi connectivity index (χ4v) is 2.00. The number of nitrogens with one attached hydrogen (secondary N) is 1. The number of halogens is 1. The van der Waals surface area contributed by atoms with Crippen molar-refractivity contribution in [3.8, 4) is 0 Å². The highest BCUT2D eigenvalue weighted by atomic mass is 19.1. The second-order valence-corrected chi connectivity index (χ2v) is 4.96. The Labute approximate surface area is 110 Å². The average molecular weight is 266 g/mol. The number of carbonyl (C=O) groups is 1. The molecule has 1 aliphatic carbocycles. The van der Waals surface area contributed by atoms with E-state index in [0.717, 1.165) is 37.5 Å². The van der Waals surface area contributed by atoms with Gasteiger partial charge in [0.2, 0.25) is 0 Å². The van der Waals surface area contributed by atoms with Crippen LogP contribution in [0.2, 0.25) is 0 Å². The second kappa shape index (κ2) is 4.95. The zero-order chi connectivity index (χ0) is 14.0. The average Bonchev–Trinajstić information content (AvgIpc) is 3.17. The molecule has 0 bridgehead atoms. The Balaban J connectivity index is 2.10. The number of nitrogens with zero attached hydrogens (tertiary/aromatic N) is 1. The van der Waals surface area contributed by atoms with Gasteiger partial charge >= 0.3 is 0 Å². The molecule has 1 N–H and O–H groups in total. The van der Waals surface area contributed by atoms with Crippen LogP contribution in [0.1, 0.15) is 36.5 Å². The number of hydrogen-bond donors (Lipinski definition) is 1. The quantitative estimate of drug-likeness (QED) is 0.657. The van der Waals surface area contributed by atoms with E-state index in [1.54, 1.807) is 0 Å². The number of benzene rings is 1. The second-order valence-electron chi connectivity index (χ2n) is 4.96. The van der Waals surface area contributed by atoms with Crippen molar-refractivity contribution in [2.24, 2.45) is 5.41 Å². The van der Waals surface area contributed by atoms with Gasteiger partial charge in [-0.3, -0.25) is 14.9 Å². The van der Waals surface area contributed by atoms with Crippen molar-refractivity contribution in [2.45, 2.75) is 26.2 Å². The highest BCUT2D eigenvalue weighted by molar-refractivity contribution is 5.95. The largest absolute Gasteiger partial charge is 0.351 e. The first-order chi connectivity index (χ1) is 8.97. The van der Waals surface area contributed by atoms with Crippen LogP contribution < -0.4 is 5.32 Å². The molecule has 6 heteroatoms. The monoisotopic (exact) mass is 266 g/mol. The molecule has 1 amide bonds. The summed E-state index contributed by atoms with van der Waals surface area (Å²) in [7, 11) is 0. The number of carbonyl (C=O) groups excluding carboxylic acids is 1. The van der Waals surface area contributed by atoms with Gasteiger partial charge in [0.15, 0.2) is 0 Å². The van der Waals surface area contributed by atoms with Crippen LogP contribution in [0.3, 0.4) is 0 Å². The molecule has 102 valence electrons. The zero-order valence-electron chi connectivity index (χ0n) is 10.6. The molecule has 0 spiro atoms. The Bertz CT molecular complexity index is 527. The maximum Gasteiger partial charge on any atom is 0.270 e. The third kappa shape index (κ3) is 2.89. The van der Waals surface area contributed by atoms with Gasteiger partial charge in [-0.15, -0.1) is 0 Å². The van der Waals surface area contributed by atoms with Crippen molar-refractivity contribution in [3.05, 3.63) is 39.7 Å². The van der Waals surface area contributed by atoms with E-state index in [-0.39, 0.29) is 16.7 Å². The first-order valence-corrected chi connectivity index (χ1v) is 6.19. The molecule has 19 heavy (non-hydrogen) atoms. The van der Waals surface area contributed by atoms with Crippen LogP contribution in [0, 0.1) is 21.3 Å². The number of rotatable bonds is 5. The van der Waals surface area contributed by atoms with E-state index < -0.39 is 16.6 Å². The fraction of sp³-hybridized carbons (Fsp3) is 0.462. The third-order valence-electron chi connectivity index (χ3n) is 3.74. The predicted octanol–water partition coefficient (Wildman–Crippen LogP) is 2.65. The van der Waals surface area contributed by atoms with Crippen molar-refractivity contribution in [2.75, 3.05) is 6.54 Å². The molecule has 0 saturated heterocycles. The van der Waals surface area contributed by atoms with E-state index in [9.17, 15) is 19.3 Å². The van der Waals surface area contributed by atoms with Gasteiger partial charge in [-0.2, -0.15) is 0 Å². The number of amides is 1. The summed E-state index contributed by atoms with van der Waals surface area (Å²) in [6.45, 7) is 2.54. The summed E-state index contributed by atoms with van der Waals surface area (Å²) in [6.07, 6.45) is 3.08. The van der Waals surface area contributed by atoms with Gasteiger partial charge in [0.25, 0.3) is 11.6 Å². The zero-order valence-corrected chi connectivity index (χ0v) is 10.6. The molecule has 5 nitrogen and oxygen atoms in total. The van der Waals surface area contributed by atoms with Crippen LogP contribution in [-0.2, 0) is 0 Å². The topological polar surface area (TPSA) is 72.2 Å². The molecular formula is C13H15FN2O3. The minimum absolute atomic E-state index is 0.146. The minimum Gasteiger partial charge on any atom is -0.351 e. The Morgan fingerprint density at radius 2 is 2.21 bits per heavy atom. The number of non-ortho nitro benzene ring substituents is 1. The van der Waals surface area contributed by atoms with Crippen LogP contribution in [0.5, 0.6) is 0 Å². The van der Waals surface area contributed by atoms with Crippen molar-refractivity contribution in [1.82, 2.24) is 5.32 Å². The molecule has 1 saturated carbocycles. The lowest BCUT2D eigenvalue weighted by molar-refractivity contribution is -0.384. The summed E-state index contributed by atoms with van der Waals surface area (Å²) in [6, 6.07) is 2.95. The molecule has 0 radical (unpaired) electrons. The first-order valence-electron chi connectivity index (χ1n) is 6.19. The van der Waals surface area contributed by atoms with Gasteiger partial charge in [0.1, 0.15) is 5.82 Å². The lowest BCUT2D eigenvalue weighted by Crippen LogP contribution is -2.30. The van der Waals surface area contributed by atoms with Crippen LogP contribution in [0.25, 0.3) is 0 Å². The first kappa shape index (κ1) is 13.5. The summed E-state index contributed by atoms with van der Waals surface area (Å²) in [5.74, 6) is -1.34. The number of nitro benzene ring substituents is 1. The highest BCUT2D eigenvalue weighted by Gasteiger charge is 2.40. The van der Waals surface area contributed by atoms with Gasteiger partial charge in [-0.25, -0.2) is 4.39 Å². The summed E-state index contributed by atoms with van der Waals surface area (Å²) in [5, 5.41) is 13.3. The maximum atomic E-state index is 13.5. The van der Waals surface area contributed by atoms with Crippen molar-refractivity contribution >= 4 is 11.6 Å². The molecule has 0 unspecified atom stereocenters. The van der Waals surface area contributed by atoms with Crippen LogP contribution >= 0.6 is 0 Å². The lowest BCUT2D eigenvalue weighted by atomic mass is 10.0. The normalized spacial score (nSPS) is 15.9. The van der Waals surface area contributed by atoms with E-state index in [1.165, 1.54) is 0 Å². The fourth-order valence-electron chi connectivity index (χ4n) is 2.00. The van der Waals surface area contributed by atoms with Crippen molar-refractivity contribution < 1.29 is 14.1 Å². The van der Waals surface area contributed by atoms with E-state index in [1.807, 2.05) is 6.92 Å². The third-order valence-corrected chi connectivity index (χ3v) is 3.74. The van der Waals surface area contributed by atoms with Crippen LogP contribution in [0.15, 0.2) is 18.2 Å². The van der Waals surface area contributed by atoms with Crippen molar-refractivity contribution in [1.29, 1.82) is 0 Å². The van der Waals surface area contributed by atoms with E-state index in [0.29, 0.717) is 6.54 Å². The van der Waals surface area contributed by atoms with Crippen molar-refractivity contribution in [3.63, 3.8) is 0 Å². The van der Waals surface area contributed by atoms with Crippen LogP contribution in [-0.4, -0.2) is 17.4 Å². The van der Waals surface area contributed by atoms with Gasteiger partial charge in [-0.1, -0.05) is 6.92 Å². The molecule has 1 aliphatic rings. The Kier molecular flexibility index (Phi) is 3.50. The van der Waals surface area contributed by atoms with Gasteiger partial charge < -0.3 is 5.32 Å². The molecular weight excluding hydrogens is 251 g/mol. The lowest BCUT2D eigenvalue weighted by Gasteiger charge is -2.13. The molecule has 1 aromatic carbocycles. The standard InChI is InChI=1S/C13H15FN2O3/c1-2-13(5-6-13)8-15-12(17)10-7-9(16(18)19)3-4-11(10)14/h3-4,7H,2,5-6,8H2,1H3,(H,15,17). The Morgan fingerprint density at radius 3 is 2.74 bits per heavy atom. The van der Waals surface area contributed by atoms with Gasteiger partial charge in [0.05, 0.1) is 10.5 Å². The molecule has 0 atom stereocenters. The molecule has 1 aromatic rings. The summed E-state index contributed by atoms with van der Waals surface area (Å²) in [5.41, 5.74) is -0.420. The van der Waals surface area contributed by atoms with Gasteiger partial charge in [0, 0.05) is 18.7 Å². The SMILES string of the molecule is CCC1(CNC(=O)c2cc([N+](=O)[O-])ccc2F)CC1.